The molecule has 1 atom stereocenters. The largest absolute Gasteiger partial charge is 0.306 e. The van der Waals surface area contributed by atoms with Crippen molar-refractivity contribution in [2.45, 2.75) is 5.66 Å². The van der Waals surface area contributed by atoms with Crippen LogP contribution in [-0.4, -0.2) is 34.7 Å². The van der Waals surface area contributed by atoms with Gasteiger partial charge in [-0.25, -0.2) is 8.78 Å². The Labute approximate surface area is 166 Å². The number of halogens is 2. The van der Waals surface area contributed by atoms with Gasteiger partial charge in [0.2, 0.25) is 0 Å². The average molecular weight is 390 g/mol. The van der Waals surface area contributed by atoms with Crippen LogP contribution < -0.4 is 0 Å². The van der Waals surface area contributed by atoms with Crippen LogP contribution in [0.15, 0.2) is 72.8 Å². The normalized spacial score (nSPS) is 20.0. The number of hydrogen-bond donors (Lipinski definition) is 0. The molecule has 0 aromatic heterocycles. The number of rotatable bonds is 2. The zero-order valence-corrected chi connectivity index (χ0v) is 15.3. The van der Waals surface area contributed by atoms with E-state index in [1.807, 2.05) is 30.3 Å². The molecule has 29 heavy (non-hydrogen) atoms. The summed E-state index contributed by atoms with van der Waals surface area (Å²) in [5.74, 6) is -2.83. The Morgan fingerprint density at radius 3 is 2.21 bits per heavy atom. The third kappa shape index (κ3) is 2.23. The van der Waals surface area contributed by atoms with Gasteiger partial charge in [0.05, 0.1) is 0 Å². The predicted molar refractivity (Wildman–Crippen MR) is 102 cm³/mol. The van der Waals surface area contributed by atoms with Crippen LogP contribution in [-0.2, 0) is 5.66 Å². The van der Waals surface area contributed by atoms with Gasteiger partial charge in [0.1, 0.15) is 17.2 Å². The lowest BCUT2D eigenvalue weighted by molar-refractivity contribution is 0.0369. The maximum Gasteiger partial charge on any atom is 0.262 e. The highest BCUT2D eigenvalue weighted by molar-refractivity contribution is 6.04. The van der Waals surface area contributed by atoms with Crippen molar-refractivity contribution >= 4 is 11.8 Å². The van der Waals surface area contributed by atoms with Crippen molar-refractivity contribution in [1.82, 2.24) is 9.80 Å². The molecule has 0 N–H and O–H groups in total. The molecule has 3 aromatic carbocycles. The monoisotopic (exact) mass is 390 g/mol. The number of benzene rings is 3. The first-order valence-corrected chi connectivity index (χ1v) is 9.30. The summed E-state index contributed by atoms with van der Waals surface area (Å²) in [5, 5.41) is 0. The molecule has 2 heterocycles. The molecule has 0 bridgehead atoms. The quantitative estimate of drug-likeness (QED) is 0.668. The van der Waals surface area contributed by atoms with Gasteiger partial charge in [-0.2, -0.15) is 0 Å². The zero-order chi connectivity index (χ0) is 20.2. The van der Waals surface area contributed by atoms with Crippen LogP contribution in [0, 0.1) is 11.6 Å². The molecular formula is C23H16F2N2O2. The maximum atomic E-state index is 14.4. The van der Waals surface area contributed by atoms with Gasteiger partial charge in [0.15, 0.2) is 5.66 Å². The molecule has 0 aliphatic carbocycles. The van der Waals surface area contributed by atoms with E-state index in [1.54, 1.807) is 29.2 Å². The van der Waals surface area contributed by atoms with Gasteiger partial charge >= 0.3 is 0 Å². The highest BCUT2D eigenvalue weighted by Gasteiger charge is 2.59. The van der Waals surface area contributed by atoms with Gasteiger partial charge < -0.3 is 9.80 Å². The molecule has 1 unspecified atom stereocenters. The van der Waals surface area contributed by atoms with Gasteiger partial charge in [-0.05, 0) is 18.2 Å². The number of hydrogen-bond acceptors (Lipinski definition) is 2. The van der Waals surface area contributed by atoms with Crippen molar-refractivity contribution in [1.29, 1.82) is 0 Å². The predicted octanol–water partition coefficient (Wildman–Crippen LogP) is 3.78. The first-order valence-electron chi connectivity index (χ1n) is 9.30. The smallest absolute Gasteiger partial charge is 0.262 e. The van der Waals surface area contributed by atoms with Gasteiger partial charge in [-0.1, -0.05) is 54.6 Å². The molecule has 2 aliphatic rings. The molecule has 2 amide bonds. The SMILES string of the molecule is O=C1c2ccccc2C2(c3ccccc3)N1CCN2C(=O)c1c(F)cccc1F. The van der Waals surface area contributed by atoms with E-state index in [9.17, 15) is 18.4 Å². The average Bonchev–Trinajstić information content (AvgIpc) is 3.25. The third-order valence-corrected chi connectivity index (χ3v) is 5.70. The topological polar surface area (TPSA) is 40.6 Å². The fourth-order valence-corrected chi connectivity index (χ4v) is 4.55. The lowest BCUT2D eigenvalue weighted by Crippen LogP contribution is -2.51. The fraction of sp³-hybridized carbons (Fsp3) is 0.130. The summed E-state index contributed by atoms with van der Waals surface area (Å²) in [6.07, 6.45) is 0. The van der Waals surface area contributed by atoms with Gasteiger partial charge in [-0.3, -0.25) is 9.59 Å². The van der Waals surface area contributed by atoms with Crippen LogP contribution >= 0.6 is 0 Å². The standard InChI is InChI=1S/C23H16F2N2O2/c24-18-11-6-12-19(25)20(18)22(29)27-14-13-26-21(28)16-9-4-5-10-17(16)23(26,27)15-7-2-1-3-8-15/h1-12H,13-14H2. The van der Waals surface area contributed by atoms with Crippen LogP contribution in [0.1, 0.15) is 31.8 Å². The Hall–Kier alpha value is -3.54. The summed E-state index contributed by atoms with van der Waals surface area (Å²) in [4.78, 5) is 29.6. The molecule has 1 fully saturated rings. The minimum atomic E-state index is -1.24. The van der Waals surface area contributed by atoms with Crippen LogP contribution in [0.5, 0.6) is 0 Å². The molecule has 6 heteroatoms. The fourth-order valence-electron chi connectivity index (χ4n) is 4.55. The highest BCUT2D eigenvalue weighted by atomic mass is 19.1. The van der Waals surface area contributed by atoms with E-state index < -0.39 is 28.8 Å². The van der Waals surface area contributed by atoms with E-state index in [1.165, 1.54) is 11.0 Å². The summed E-state index contributed by atoms with van der Waals surface area (Å²) in [6.45, 7) is 0.436. The van der Waals surface area contributed by atoms with Crippen LogP contribution in [0.2, 0.25) is 0 Å². The van der Waals surface area contributed by atoms with Crippen LogP contribution in [0.3, 0.4) is 0 Å². The highest BCUT2D eigenvalue weighted by Crippen LogP contribution is 2.50. The van der Waals surface area contributed by atoms with Gasteiger partial charge in [0.25, 0.3) is 11.8 Å². The van der Waals surface area contributed by atoms with E-state index in [-0.39, 0.29) is 19.0 Å². The molecule has 5 rings (SSSR count). The first kappa shape index (κ1) is 17.6. The summed E-state index contributed by atoms with van der Waals surface area (Å²) in [7, 11) is 0. The van der Waals surface area contributed by atoms with Crippen molar-refractivity contribution in [2.75, 3.05) is 13.1 Å². The Morgan fingerprint density at radius 2 is 1.48 bits per heavy atom. The van der Waals surface area contributed by atoms with Crippen LogP contribution in [0.4, 0.5) is 8.78 Å². The Kier molecular flexibility index (Phi) is 3.77. The van der Waals surface area contributed by atoms with Gasteiger partial charge in [-0.15, -0.1) is 0 Å². The van der Waals surface area contributed by atoms with Gasteiger partial charge in [0, 0.05) is 29.8 Å². The Bertz CT molecular complexity index is 1130. The summed E-state index contributed by atoms with van der Waals surface area (Å²) < 4.78 is 28.9. The second kappa shape index (κ2) is 6.24. The maximum absolute atomic E-state index is 14.4. The second-order valence-corrected chi connectivity index (χ2v) is 7.09. The van der Waals surface area contributed by atoms with Crippen molar-refractivity contribution in [3.63, 3.8) is 0 Å². The minimum absolute atomic E-state index is 0.168. The molecule has 3 aromatic rings. The zero-order valence-electron chi connectivity index (χ0n) is 15.3. The number of amides is 2. The number of nitrogens with zero attached hydrogens (tertiary/aromatic N) is 2. The van der Waals surface area contributed by atoms with E-state index in [0.29, 0.717) is 16.7 Å². The van der Waals surface area contributed by atoms with E-state index in [0.717, 1.165) is 12.1 Å². The first-order chi connectivity index (χ1) is 14.1. The Balaban J connectivity index is 1.78. The summed E-state index contributed by atoms with van der Waals surface area (Å²) >= 11 is 0. The molecule has 144 valence electrons. The van der Waals surface area contributed by atoms with E-state index >= 15 is 0 Å². The molecule has 0 radical (unpaired) electrons. The Morgan fingerprint density at radius 1 is 0.828 bits per heavy atom. The van der Waals surface area contributed by atoms with Crippen molar-refractivity contribution in [3.05, 3.63) is 107 Å². The van der Waals surface area contributed by atoms with Crippen molar-refractivity contribution < 1.29 is 18.4 Å². The second-order valence-electron chi connectivity index (χ2n) is 7.09. The summed E-state index contributed by atoms with van der Waals surface area (Å²) in [6, 6.07) is 19.5. The molecular weight excluding hydrogens is 374 g/mol. The summed E-state index contributed by atoms with van der Waals surface area (Å²) in [5.41, 5.74) is -0.0233. The number of carbonyl (C=O) groups is 2. The van der Waals surface area contributed by atoms with Crippen molar-refractivity contribution in [2.24, 2.45) is 0 Å². The molecule has 4 nitrogen and oxygen atoms in total. The van der Waals surface area contributed by atoms with E-state index in [4.69, 9.17) is 0 Å². The molecule has 2 aliphatic heterocycles. The minimum Gasteiger partial charge on any atom is -0.306 e. The third-order valence-electron chi connectivity index (χ3n) is 5.70. The molecule has 1 saturated heterocycles. The lowest BCUT2D eigenvalue weighted by Gasteiger charge is -2.40. The molecule has 0 saturated carbocycles. The van der Waals surface area contributed by atoms with Crippen LogP contribution in [0.25, 0.3) is 0 Å². The lowest BCUT2D eigenvalue weighted by atomic mass is 9.89. The van der Waals surface area contributed by atoms with E-state index in [2.05, 4.69) is 0 Å². The number of fused-ring (bicyclic) bond motifs is 3. The molecule has 0 spiro atoms. The van der Waals surface area contributed by atoms with Crippen molar-refractivity contribution in [3.8, 4) is 0 Å². The number of carbonyl (C=O) groups excluding carboxylic acids is 2.